The molecule has 0 aliphatic rings. The first-order valence-corrected chi connectivity index (χ1v) is 7.72. The Hall–Kier alpha value is -2.10. The maximum absolute atomic E-state index is 11.8. The van der Waals surface area contributed by atoms with Gasteiger partial charge in [-0.25, -0.2) is 4.98 Å². The molecule has 6 heteroatoms. The van der Waals surface area contributed by atoms with Crippen LogP contribution < -0.4 is 5.56 Å². The van der Waals surface area contributed by atoms with Crippen LogP contribution in [0, 0.1) is 11.3 Å². The first-order valence-electron chi connectivity index (χ1n) is 5.85. The van der Waals surface area contributed by atoms with Gasteiger partial charge in [0.2, 0.25) is 0 Å². The lowest BCUT2D eigenvalue weighted by molar-refractivity contribution is 0.979. The zero-order valence-corrected chi connectivity index (χ0v) is 11.9. The Kier molecular flexibility index (Phi) is 3.54. The average Bonchev–Trinajstić information content (AvgIpc) is 2.94. The van der Waals surface area contributed by atoms with E-state index in [-0.39, 0.29) is 5.56 Å². The van der Waals surface area contributed by atoms with Crippen LogP contribution in [0.3, 0.4) is 0 Å². The summed E-state index contributed by atoms with van der Waals surface area (Å²) in [5.41, 5.74) is 1.63. The molecule has 2 aromatic heterocycles. The third kappa shape index (κ3) is 2.59. The Morgan fingerprint density at radius 3 is 2.85 bits per heavy atom. The van der Waals surface area contributed by atoms with E-state index in [4.69, 9.17) is 5.26 Å². The molecule has 98 valence electrons. The van der Waals surface area contributed by atoms with Crippen molar-refractivity contribution in [2.75, 3.05) is 0 Å². The van der Waals surface area contributed by atoms with E-state index < -0.39 is 0 Å². The number of benzene rings is 1. The fourth-order valence-corrected chi connectivity index (χ4v) is 3.38. The number of fused-ring (bicyclic) bond motifs is 1. The van der Waals surface area contributed by atoms with Crippen LogP contribution in [0.15, 0.2) is 45.7 Å². The first-order chi connectivity index (χ1) is 9.76. The van der Waals surface area contributed by atoms with E-state index >= 15 is 0 Å². The van der Waals surface area contributed by atoms with Gasteiger partial charge in [0, 0.05) is 5.75 Å². The molecular weight excluding hydrogens is 290 g/mol. The highest BCUT2D eigenvalue weighted by Crippen LogP contribution is 2.22. The van der Waals surface area contributed by atoms with Crippen molar-refractivity contribution in [2.45, 2.75) is 10.9 Å². The van der Waals surface area contributed by atoms with Gasteiger partial charge in [-0.1, -0.05) is 23.9 Å². The molecule has 3 rings (SSSR count). The van der Waals surface area contributed by atoms with Crippen molar-refractivity contribution in [3.8, 4) is 6.07 Å². The predicted octanol–water partition coefficient (Wildman–Crippen LogP) is 3.15. The number of hydrogen-bond donors (Lipinski definition) is 1. The minimum atomic E-state index is -0.0985. The van der Waals surface area contributed by atoms with Crippen LogP contribution in [-0.2, 0) is 5.75 Å². The summed E-state index contributed by atoms with van der Waals surface area (Å²) < 4.78 is 0. The SMILES string of the molecule is N#Cc1ccc(CSc2nc3sccc3c(=O)[nH]2)cc1. The molecule has 0 saturated carbocycles. The van der Waals surface area contributed by atoms with Crippen molar-refractivity contribution in [1.82, 2.24) is 9.97 Å². The van der Waals surface area contributed by atoms with Crippen LogP contribution in [0.5, 0.6) is 0 Å². The average molecular weight is 299 g/mol. The Morgan fingerprint density at radius 1 is 1.30 bits per heavy atom. The molecule has 0 atom stereocenters. The molecule has 0 bridgehead atoms. The highest BCUT2D eigenvalue weighted by atomic mass is 32.2. The van der Waals surface area contributed by atoms with E-state index in [0.29, 0.717) is 21.9 Å². The number of rotatable bonds is 3. The van der Waals surface area contributed by atoms with Gasteiger partial charge in [0.15, 0.2) is 5.16 Å². The van der Waals surface area contributed by atoms with Gasteiger partial charge in [0.1, 0.15) is 4.83 Å². The van der Waals surface area contributed by atoms with Crippen molar-refractivity contribution in [3.05, 3.63) is 57.2 Å². The van der Waals surface area contributed by atoms with Crippen molar-refractivity contribution in [2.24, 2.45) is 0 Å². The summed E-state index contributed by atoms with van der Waals surface area (Å²) in [6, 6.07) is 11.3. The number of thiophene rings is 1. The molecule has 4 nitrogen and oxygen atoms in total. The number of nitrogens with zero attached hydrogens (tertiary/aromatic N) is 2. The first kappa shape index (κ1) is 12.9. The van der Waals surface area contributed by atoms with E-state index in [0.717, 1.165) is 10.4 Å². The summed E-state index contributed by atoms with van der Waals surface area (Å²) in [5, 5.41) is 11.9. The van der Waals surface area contributed by atoms with E-state index in [1.54, 1.807) is 18.2 Å². The molecule has 0 aliphatic heterocycles. The quantitative estimate of drug-likeness (QED) is 0.596. The monoisotopic (exact) mass is 299 g/mol. The number of aromatic amines is 1. The third-order valence-corrected chi connectivity index (χ3v) is 4.52. The van der Waals surface area contributed by atoms with Crippen molar-refractivity contribution >= 4 is 33.3 Å². The standard InChI is InChI=1S/C14H9N3OS2/c15-7-9-1-3-10(4-2-9)8-20-14-16-12(18)11-5-6-19-13(11)17-14/h1-6H,8H2,(H,16,17,18). The summed E-state index contributed by atoms with van der Waals surface area (Å²) in [6.45, 7) is 0. The Balaban J connectivity index is 1.79. The lowest BCUT2D eigenvalue weighted by Gasteiger charge is -2.01. The normalized spacial score (nSPS) is 10.6. The van der Waals surface area contributed by atoms with Crippen LogP contribution in [-0.4, -0.2) is 9.97 Å². The van der Waals surface area contributed by atoms with Crippen LogP contribution in [0.2, 0.25) is 0 Å². The molecule has 2 heterocycles. The predicted molar refractivity (Wildman–Crippen MR) is 81.0 cm³/mol. The number of nitriles is 1. The molecule has 0 aliphatic carbocycles. The smallest absolute Gasteiger partial charge is 0.260 e. The highest BCUT2D eigenvalue weighted by Gasteiger charge is 2.05. The second-order valence-electron chi connectivity index (χ2n) is 4.11. The van der Waals surface area contributed by atoms with Gasteiger partial charge in [-0.2, -0.15) is 5.26 Å². The number of thioether (sulfide) groups is 1. The van der Waals surface area contributed by atoms with E-state index in [9.17, 15) is 4.79 Å². The summed E-state index contributed by atoms with van der Waals surface area (Å²) in [5.74, 6) is 0.700. The molecule has 1 aromatic carbocycles. The molecule has 0 spiro atoms. The van der Waals surface area contributed by atoms with Crippen LogP contribution in [0.1, 0.15) is 11.1 Å². The minimum absolute atomic E-state index is 0.0985. The number of aromatic nitrogens is 2. The number of hydrogen-bond acceptors (Lipinski definition) is 5. The minimum Gasteiger partial charge on any atom is -0.301 e. The molecule has 0 radical (unpaired) electrons. The Labute approximate surface area is 123 Å². The second-order valence-corrected chi connectivity index (χ2v) is 5.97. The summed E-state index contributed by atoms with van der Waals surface area (Å²) in [4.78, 5) is 19.8. The topological polar surface area (TPSA) is 69.5 Å². The number of H-pyrrole nitrogens is 1. The molecule has 1 N–H and O–H groups in total. The molecule has 0 saturated heterocycles. The van der Waals surface area contributed by atoms with Gasteiger partial charge >= 0.3 is 0 Å². The molecule has 0 amide bonds. The summed E-state index contributed by atoms with van der Waals surface area (Å²) in [7, 11) is 0. The number of nitrogens with one attached hydrogen (secondary N) is 1. The Bertz CT molecular complexity index is 843. The maximum atomic E-state index is 11.8. The molecule has 0 fully saturated rings. The van der Waals surface area contributed by atoms with Gasteiger partial charge < -0.3 is 4.98 Å². The fourth-order valence-electron chi connectivity index (χ4n) is 1.74. The zero-order chi connectivity index (χ0) is 13.9. The lowest BCUT2D eigenvalue weighted by atomic mass is 10.2. The third-order valence-electron chi connectivity index (χ3n) is 2.77. The molecule has 3 aromatic rings. The van der Waals surface area contributed by atoms with Crippen molar-refractivity contribution in [1.29, 1.82) is 5.26 Å². The van der Waals surface area contributed by atoms with Crippen LogP contribution in [0.4, 0.5) is 0 Å². The van der Waals surface area contributed by atoms with Gasteiger partial charge in [0.25, 0.3) is 5.56 Å². The highest BCUT2D eigenvalue weighted by molar-refractivity contribution is 7.98. The van der Waals surface area contributed by atoms with Crippen LogP contribution >= 0.6 is 23.1 Å². The molecule has 0 unspecified atom stereocenters. The van der Waals surface area contributed by atoms with E-state index in [1.807, 2.05) is 17.5 Å². The molecular formula is C14H9N3OS2. The second kappa shape index (κ2) is 5.49. The summed E-state index contributed by atoms with van der Waals surface area (Å²) >= 11 is 2.94. The van der Waals surface area contributed by atoms with E-state index in [2.05, 4.69) is 16.0 Å². The maximum Gasteiger partial charge on any atom is 0.260 e. The fraction of sp³-hybridized carbons (Fsp3) is 0.0714. The van der Waals surface area contributed by atoms with Crippen molar-refractivity contribution < 1.29 is 0 Å². The van der Waals surface area contributed by atoms with Gasteiger partial charge in [0.05, 0.1) is 17.0 Å². The largest absolute Gasteiger partial charge is 0.301 e. The van der Waals surface area contributed by atoms with Crippen molar-refractivity contribution in [3.63, 3.8) is 0 Å². The molecule has 20 heavy (non-hydrogen) atoms. The lowest BCUT2D eigenvalue weighted by Crippen LogP contribution is -2.07. The van der Waals surface area contributed by atoms with Gasteiger partial charge in [-0.3, -0.25) is 4.79 Å². The van der Waals surface area contributed by atoms with Gasteiger partial charge in [-0.15, -0.1) is 11.3 Å². The van der Waals surface area contributed by atoms with Crippen LogP contribution in [0.25, 0.3) is 10.2 Å². The Morgan fingerprint density at radius 2 is 2.10 bits per heavy atom. The van der Waals surface area contributed by atoms with Gasteiger partial charge in [-0.05, 0) is 29.1 Å². The zero-order valence-electron chi connectivity index (χ0n) is 10.3. The summed E-state index contributed by atoms with van der Waals surface area (Å²) in [6.07, 6.45) is 0. The van der Waals surface area contributed by atoms with E-state index in [1.165, 1.54) is 23.1 Å².